The van der Waals surface area contributed by atoms with Crippen molar-refractivity contribution in [1.29, 1.82) is 0 Å². The van der Waals surface area contributed by atoms with E-state index in [1.807, 2.05) is 35.7 Å². The number of fused-ring (bicyclic) bond motifs is 1. The van der Waals surface area contributed by atoms with Gasteiger partial charge in [0.25, 0.3) is 0 Å². The van der Waals surface area contributed by atoms with Gasteiger partial charge >= 0.3 is 0 Å². The Morgan fingerprint density at radius 3 is 2.28 bits per heavy atom. The van der Waals surface area contributed by atoms with Gasteiger partial charge in [-0.05, 0) is 47.8 Å². The first kappa shape index (κ1) is 21.6. The van der Waals surface area contributed by atoms with E-state index in [0.717, 1.165) is 21.6 Å². The monoisotopic (exact) mass is 504 g/mol. The number of nitrogens with zero attached hydrogens (tertiary/aromatic N) is 4. The first-order valence-electron chi connectivity index (χ1n) is 9.94. The molecule has 0 unspecified atom stereocenters. The summed E-state index contributed by atoms with van der Waals surface area (Å²) in [5, 5.41) is 3.97. The largest absolute Gasteiger partial charge is 0.353 e. The van der Waals surface area contributed by atoms with Gasteiger partial charge in [0.05, 0.1) is 20.3 Å². The third kappa shape index (κ3) is 3.97. The summed E-state index contributed by atoms with van der Waals surface area (Å²) in [6.07, 6.45) is 0. The Bertz CT molecular complexity index is 1380. The molecule has 4 aromatic rings. The lowest BCUT2D eigenvalue weighted by atomic mass is 10.2. The first-order valence-corrected chi connectivity index (χ1v) is 13.0. The van der Waals surface area contributed by atoms with Crippen molar-refractivity contribution >= 4 is 61.3 Å². The van der Waals surface area contributed by atoms with Crippen molar-refractivity contribution in [2.24, 2.45) is 0 Å². The molecular formula is C22H18Cl2N4O2S2. The summed E-state index contributed by atoms with van der Waals surface area (Å²) in [5.41, 5.74) is 0.827. The Balaban J connectivity index is 1.45. The smallest absolute Gasteiger partial charge is 0.243 e. The number of anilines is 1. The van der Waals surface area contributed by atoms with E-state index in [9.17, 15) is 8.42 Å². The topological polar surface area (TPSA) is 66.4 Å². The van der Waals surface area contributed by atoms with Crippen molar-refractivity contribution in [2.75, 3.05) is 31.1 Å². The normalized spacial score (nSPS) is 15.4. The second-order valence-corrected chi connectivity index (χ2v) is 11.0. The lowest BCUT2D eigenvalue weighted by Gasteiger charge is -2.35. The molecule has 0 atom stereocenters. The van der Waals surface area contributed by atoms with Gasteiger partial charge in [0.1, 0.15) is 5.82 Å². The SMILES string of the molecule is O=S(=O)(c1ccc(Cl)cc1)N1CCN(c2nc(-c3sccc3Cl)nc3ccccc23)CC1. The van der Waals surface area contributed by atoms with E-state index in [2.05, 4.69) is 4.90 Å². The average Bonchev–Trinajstić information content (AvgIpc) is 3.24. The van der Waals surface area contributed by atoms with Crippen LogP contribution in [0.4, 0.5) is 5.82 Å². The van der Waals surface area contributed by atoms with Gasteiger partial charge in [0.15, 0.2) is 5.82 Å². The molecule has 0 radical (unpaired) electrons. The van der Waals surface area contributed by atoms with Crippen molar-refractivity contribution in [1.82, 2.24) is 14.3 Å². The molecule has 5 rings (SSSR count). The number of para-hydroxylation sites is 1. The number of hydrogen-bond donors (Lipinski definition) is 0. The highest BCUT2D eigenvalue weighted by Gasteiger charge is 2.30. The third-order valence-corrected chi connectivity index (χ3v) is 8.90. The van der Waals surface area contributed by atoms with Crippen LogP contribution in [-0.2, 0) is 10.0 Å². The summed E-state index contributed by atoms with van der Waals surface area (Å²) in [7, 11) is -3.58. The number of hydrogen-bond acceptors (Lipinski definition) is 6. The Labute approximate surface area is 200 Å². The Hall–Kier alpha value is -2.23. The predicted octanol–water partition coefficient (Wildman–Crippen LogP) is 5.18. The van der Waals surface area contributed by atoms with Gasteiger partial charge in [-0.15, -0.1) is 11.3 Å². The molecule has 2 aromatic heterocycles. The molecule has 1 aliphatic heterocycles. The molecule has 0 bridgehead atoms. The summed E-state index contributed by atoms with van der Waals surface area (Å²) in [5.74, 6) is 1.37. The highest BCUT2D eigenvalue weighted by atomic mass is 35.5. The van der Waals surface area contributed by atoms with Crippen LogP contribution < -0.4 is 4.90 Å². The molecule has 0 aliphatic carbocycles. The van der Waals surface area contributed by atoms with Gasteiger partial charge < -0.3 is 4.90 Å². The molecule has 10 heteroatoms. The maximum absolute atomic E-state index is 13.0. The Morgan fingerprint density at radius 1 is 0.875 bits per heavy atom. The fraction of sp³-hybridized carbons (Fsp3) is 0.182. The number of thiophene rings is 1. The average molecular weight is 505 g/mol. The van der Waals surface area contributed by atoms with E-state index < -0.39 is 10.0 Å². The Kier molecular flexibility index (Phi) is 5.81. The van der Waals surface area contributed by atoms with Gasteiger partial charge in [-0.2, -0.15) is 4.31 Å². The molecule has 0 spiro atoms. The number of rotatable bonds is 4. The fourth-order valence-electron chi connectivity index (χ4n) is 3.75. The number of aromatic nitrogens is 2. The molecule has 2 aromatic carbocycles. The molecule has 3 heterocycles. The summed E-state index contributed by atoms with van der Waals surface area (Å²) >= 11 is 13.7. The van der Waals surface area contributed by atoms with Crippen LogP contribution in [0.3, 0.4) is 0 Å². The lowest BCUT2D eigenvalue weighted by Crippen LogP contribution is -2.49. The second-order valence-electron chi connectivity index (χ2n) is 7.33. The molecule has 6 nitrogen and oxygen atoms in total. The zero-order valence-electron chi connectivity index (χ0n) is 16.8. The van der Waals surface area contributed by atoms with E-state index >= 15 is 0 Å². The molecule has 1 aliphatic rings. The van der Waals surface area contributed by atoms with Gasteiger partial charge in [0.2, 0.25) is 10.0 Å². The molecule has 1 saturated heterocycles. The van der Waals surface area contributed by atoms with Crippen LogP contribution >= 0.6 is 34.5 Å². The number of halogens is 2. The predicted molar refractivity (Wildman–Crippen MR) is 130 cm³/mol. The van der Waals surface area contributed by atoms with Crippen LogP contribution in [0.15, 0.2) is 64.9 Å². The van der Waals surface area contributed by atoms with Crippen LogP contribution in [0, 0.1) is 0 Å². The molecule has 0 amide bonds. The van der Waals surface area contributed by atoms with Crippen LogP contribution in [0.25, 0.3) is 21.6 Å². The van der Waals surface area contributed by atoms with Crippen molar-refractivity contribution in [3.63, 3.8) is 0 Å². The molecule has 0 N–H and O–H groups in total. The van der Waals surface area contributed by atoms with Crippen molar-refractivity contribution in [3.05, 3.63) is 70.0 Å². The molecule has 164 valence electrons. The van der Waals surface area contributed by atoms with Gasteiger partial charge in [-0.25, -0.2) is 18.4 Å². The first-order chi connectivity index (χ1) is 15.4. The maximum atomic E-state index is 13.0. The summed E-state index contributed by atoms with van der Waals surface area (Å²) in [6, 6.07) is 15.9. The van der Waals surface area contributed by atoms with Crippen molar-refractivity contribution in [3.8, 4) is 10.7 Å². The zero-order chi connectivity index (χ0) is 22.3. The quantitative estimate of drug-likeness (QED) is 0.383. The molecule has 0 saturated carbocycles. The van der Waals surface area contributed by atoms with Gasteiger partial charge in [0, 0.05) is 36.6 Å². The van der Waals surface area contributed by atoms with Crippen LogP contribution in [-0.4, -0.2) is 48.9 Å². The third-order valence-electron chi connectivity index (χ3n) is 5.39. The lowest BCUT2D eigenvalue weighted by molar-refractivity contribution is 0.384. The summed E-state index contributed by atoms with van der Waals surface area (Å²) in [4.78, 5) is 12.7. The zero-order valence-corrected chi connectivity index (χ0v) is 19.9. The number of piperazine rings is 1. The number of benzene rings is 2. The molecule has 1 fully saturated rings. The highest BCUT2D eigenvalue weighted by Crippen LogP contribution is 2.34. The van der Waals surface area contributed by atoms with E-state index in [1.54, 1.807) is 24.3 Å². The van der Waals surface area contributed by atoms with Crippen LogP contribution in [0.1, 0.15) is 0 Å². The van der Waals surface area contributed by atoms with E-state index in [1.165, 1.54) is 15.6 Å². The van der Waals surface area contributed by atoms with E-state index in [0.29, 0.717) is 42.0 Å². The molecular weight excluding hydrogens is 487 g/mol. The minimum atomic E-state index is -3.58. The van der Waals surface area contributed by atoms with Gasteiger partial charge in [-0.3, -0.25) is 0 Å². The van der Waals surface area contributed by atoms with Crippen molar-refractivity contribution in [2.45, 2.75) is 4.90 Å². The van der Waals surface area contributed by atoms with Crippen LogP contribution in [0.5, 0.6) is 0 Å². The highest BCUT2D eigenvalue weighted by molar-refractivity contribution is 7.89. The summed E-state index contributed by atoms with van der Waals surface area (Å²) < 4.78 is 27.6. The van der Waals surface area contributed by atoms with Gasteiger partial charge in [-0.1, -0.05) is 35.3 Å². The standard InChI is InChI=1S/C22H18Cl2N4O2S2/c23-15-5-7-16(8-6-15)32(29,30)28-12-10-27(11-13-28)22-17-3-1-2-4-19(17)25-21(26-22)20-18(24)9-14-31-20/h1-9,14H,10-13H2. The van der Waals surface area contributed by atoms with E-state index in [4.69, 9.17) is 33.2 Å². The Morgan fingerprint density at radius 2 is 1.59 bits per heavy atom. The van der Waals surface area contributed by atoms with E-state index in [-0.39, 0.29) is 4.90 Å². The number of sulfonamides is 1. The fourth-order valence-corrected chi connectivity index (χ4v) is 6.37. The summed E-state index contributed by atoms with van der Waals surface area (Å²) in [6.45, 7) is 1.76. The van der Waals surface area contributed by atoms with Crippen molar-refractivity contribution < 1.29 is 8.42 Å². The maximum Gasteiger partial charge on any atom is 0.243 e. The minimum Gasteiger partial charge on any atom is -0.353 e. The molecule has 32 heavy (non-hydrogen) atoms. The van der Waals surface area contributed by atoms with Crippen LogP contribution in [0.2, 0.25) is 10.0 Å². The second kappa shape index (κ2) is 8.61. The minimum absolute atomic E-state index is 0.248.